The molecule has 5 nitrogen and oxygen atoms in total. The number of benzene rings is 2. The molecule has 0 N–H and O–H groups in total. The van der Waals surface area contributed by atoms with Crippen molar-refractivity contribution in [3.8, 4) is 5.75 Å². The van der Waals surface area contributed by atoms with Gasteiger partial charge < -0.3 is 14.2 Å². The summed E-state index contributed by atoms with van der Waals surface area (Å²) in [4.78, 5) is 18.3. The summed E-state index contributed by atoms with van der Waals surface area (Å²) in [6, 6.07) is 17.4. The molecule has 0 aliphatic carbocycles. The highest BCUT2D eigenvalue weighted by Gasteiger charge is 2.15. The van der Waals surface area contributed by atoms with Crippen molar-refractivity contribution >= 4 is 16.9 Å². The summed E-state index contributed by atoms with van der Waals surface area (Å²) < 4.78 is 7.71. The monoisotopic (exact) mass is 309 g/mol. The topological polar surface area (TPSA) is 47.4 Å². The molecule has 0 saturated carbocycles. The molecule has 0 radical (unpaired) electrons. The lowest BCUT2D eigenvalue weighted by atomic mass is 10.3. The molecular weight excluding hydrogens is 290 g/mol. The molecule has 0 spiro atoms. The van der Waals surface area contributed by atoms with Crippen LogP contribution in [0.4, 0.5) is 0 Å². The quantitative estimate of drug-likeness (QED) is 0.728. The number of carbonyl (C=O) groups excluding carboxylic acids is 1. The summed E-state index contributed by atoms with van der Waals surface area (Å²) in [6.45, 7) is 0.570. The van der Waals surface area contributed by atoms with Crippen LogP contribution in [0, 0.1) is 0 Å². The maximum Gasteiger partial charge on any atom is 0.242 e. The van der Waals surface area contributed by atoms with Crippen molar-refractivity contribution in [1.29, 1.82) is 0 Å². The fourth-order valence-electron chi connectivity index (χ4n) is 2.35. The number of hydrogen-bond acceptors (Lipinski definition) is 3. The van der Waals surface area contributed by atoms with Crippen LogP contribution >= 0.6 is 0 Å². The number of aromatic nitrogens is 2. The summed E-state index contributed by atoms with van der Waals surface area (Å²) in [6.07, 6.45) is 0. The minimum atomic E-state index is 0.0223. The Hall–Kier alpha value is -2.82. The highest BCUT2D eigenvalue weighted by molar-refractivity contribution is 5.80. The molecule has 3 rings (SSSR count). The fourth-order valence-corrected chi connectivity index (χ4v) is 2.35. The zero-order valence-electron chi connectivity index (χ0n) is 13.3. The number of para-hydroxylation sites is 3. The van der Waals surface area contributed by atoms with E-state index in [0.29, 0.717) is 6.61 Å². The lowest BCUT2D eigenvalue weighted by Gasteiger charge is -2.14. The van der Waals surface area contributed by atoms with E-state index in [1.54, 1.807) is 19.0 Å². The summed E-state index contributed by atoms with van der Waals surface area (Å²) in [5.41, 5.74) is 1.81. The number of amides is 1. The summed E-state index contributed by atoms with van der Waals surface area (Å²) in [5, 5.41) is 0. The number of fused-ring (bicyclic) bond motifs is 1. The number of ether oxygens (including phenoxy) is 1. The van der Waals surface area contributed by atoms with Crippen LogP contribution < -0.4 is 4.74 Å². The van der Waals surface area contributed by atoms with Crippen LogP contribution in [0.25, 0.3) is 11.0 Å². The van der Waals surface area contributed by atoms with E-state index in [2.05, 4.69) is 4.98 Å². The molecule has 0 bridgehead atoms. The van der Waals surface area contributed by atoms with Crippen LogP contribution in [-0.2, 0) is 17.9 Å². The SMILES string of the molecule is CN(C)C(=O)Cn1c(COc2ccccc2)nc2ccccc21. The second-order valence-corrected chi connectivity index (χ2v) is 5.49. The number of hydrogen-bond donors (Lipinski definition) is 0. The molecule has 2 aromatic carbocycles. The summed E-state index contributed by atoms with van der Waals surface area (Å²) >= 11 is 0. The van der Waals surface area contributed by atoms with Crippen LogP contribution in [0.3, 0.4) is 0 Å². The van der Waals surface area contributed by atoms with Gasteiger partial charge in [-0.2, -0.15) is 0 Å². The van der Waals surface area contributed by atoms with E-state index in [-0.39, 0.29) is 12.5 Å². The van der Waals surface area contributed by atoms with Gasteiger partial charge in [0.15, 0.2) is 0 Å². The smallest absolute Gasteiger partial charge is 0.242 e. The van der Waals surface area contributed by atoms with Crippen LogP contribution in [0.2, 0.25) is 0 Å². The number of rotatable bonds is 5. The first-order chi connectivity index (χ1) is 11.1. The van der Waals surface area contributed by atoms with Gasteiger partial charge >= 0.3 is 0 Å². The molecule has 23 heavy (non-hydrogen) atoms. The molecule has 0 fully saturated rings. The summed E-state index contributed by atoms with van der Waals surface area (Å²) in [5.74, 6) is 1.55. The minimum Gasteiger partial charge on any atom is -0.486 e. The zero-order valence-corrected chi connectivity index (χ0v) is 13.3. The molecule has 1 heterocycles. The highest BCUT2D eigenvalue weighted by atomic mass is 16.5. The van der Waals surface area contributed by atoms with Gasteiger partial charge in [-0.1, -0.05) is 30.3 Å². The Kier molecular flexibility index (Phi) is 4.28. The van der Waals surface area contributed by atoms with Gasteiger partial charge in [-0.25, -0.2) is 4.98 Å². The molecule has 1 amide bonds. The van der Waals surface area contributed by atoms with Crippen LogP contribution in [-0.4, -0.2) is 34.5 Å². The fraction of sp³-hybridized carbons (Fsp3) is 0.222. The number of imidazole rings is 1. The van der Waals surface area contributed by atoms with E-state index in [4.69, 9.17) is 4.74 Å². The van der Waals surface area contributed by atoms with E-state index >= 15 is 0 Å². The van der Waals surface area contributed by atoms with Crippen molar-refractivity contribution in [3.63, 3.8) is 0 Å². The predicted octanol–water partition coefficient (Wildman–Crippen LogP) is 2.70. The van der Waals surface area contributed by atoms with Gasteiger partial charge in [0.2, 0.25) is 5.91 Å². The highest BCUT2D eigenvalue weighted by Crippen LogP contribution is 2.18. The average Bonchev–Trinajstić information content (AvgIpc) is 2.91. The van der Waals surface area contributed by atoms with Gasteiger partial charge in [-0.15, -0.1) is 0 Å². The van der Waals surface area contributed by atoms with E-state index in [1.807, 2.05) is 59.2 Å². The van der Waals surface area contributed by atoms with Crippen molar-refractivity contribution < 1.29 is 9.53 Å². The van der Waals surface area contributed by atoms with Gasteiger partial charge in [0.05, 0.1) is 11.0 Å². The number of nitrogens with zero attached hydrogens (tertiary/aromatic N) is 3. The third-order valence-electron chi connectivity index (χ3n) is 3.64. The Morgan fingerprint density at radius 3 is 2.52 bits per heavy atom. The predicted molar refractivity (Wildman–Crippen MR) is 89.2 cm³/mol. The Morgan fingerprint density at radius 1 is 1.09 bits per heavy atom. The Labute approximate surface area is 135 Å². The molecule has 0 saturated heterocycles. The first-order valence-electron chi connectivity index (χ1n) is 7.47. The molecule has 0 aliphatic heterocycles. The molecule has 5 heteroatoms. The molecule has 0 unspecified atom stereocenters. The molecule has 0 aliphatic rings. The maximum atomic E-state index is 12.1. The zero-order chi connectivity index (χ0) is 16.2. The third kappa shape index (κ3) is 3.34. The molecular formula is C18H19N3O2. The van der Waals surface area contributed by atoms with Crippen molar-refractivity contribution in [3.05, 3.63) is 60.4 Å². The van der Waals surface area contributed by atoms with Crippen molar-refractivity contribution in [2.24, 2.45) is 0 Å². The van der Waals surface area contributed by atoms with Gasteiger partial charge in [-0.3, -0.25) is 4.79 Å². The Morgan fingerprint density at radius 2 is 1.78 bits per heavy atom. The van der Waals surface area contributed by atoms with Crippen LogP contribution in [0.15, 0.2) is 54.6 Å². The van der Waals surface area contributed by atoms with Crippen molar-refractivity contribution in [1.82, 2.24) is 14.5 Å². The average molecular weight is 309 g/mol. The van der Waals surface area contributed by atoms with Gasteiger partial charge in [-0.05, 0) is 24.3 Å². The van der Waals surface area contributed by atoms with E-state index in [1.165, 1.54) is 0 Å². The number of likely N-dealkylation sites (N-methyl/N-ethyl adjacent to an activating group) is 1. The Balaban J connectivity index is 1.90. The molecule has 1 aromatic heterocycles. The normalized spacial score (nSPS) is 10.7. The maximum absolute atomic E-state index is 12.1. The van der Waals surface area contributed by atoms with Gasteiger partial charge in [0.25, 0.3) is 0 Å². The van der Waals surface area contributed by atoms with Gasteiger partial charge in [0.1, 0.15) is 24.7 Å². The number of carbonyl (C=O) groups is 1. The van der Waals surface area contributed by atoms with Crippen molar-refractivity contribution in [2.75, 3.05) is 14.1 Å². The third-order valence-corrected chi connectivity index (χ3v) is 3.64. The minimum absolute atomic E-state index is 0.0223. The van der Waals surface area contributed by atoms with Crippen LogP contribution in [0.5, 0.6) is 5.75 Å². The lowest BCUT2D eigenvalue weighted by Crippen LogP contribution is -2.27. The van der Waals surface area contributed by atoms with E-state index in [9.17, 15) is 4.79 Å². The Bertz CT molecular complexity index is 810. The molecule has 3 aromatic rings. The molecule has 118 valence electrons. The van der Waals surface area contributed by atoms with Gasteiger partial charge in [0, 0.05) is 14.1 Å². The second kappa shape index (κ2) is 6.52. The summed E-state index contributed by atoms with van der Waals surface area (Å²) in [7, 11) is 3.50. The van der Waals surface area contributed by atoms with E-state index in [0.717, 1.165) is 22.6 Å². The largest absolute Gasteiger partial charge is 0.486 e. The standard InChI is InChI=1S/C18H19N3O2/c1-20(2)18(22)12-21-16-11-7-6-10-15(16)19-17(21)13-23-14-8-4-3-5-9-14/h3-11H,12-13H2,1-2H3. The van der Waals surface area contributed by atoms with E-state index < -0.39 is 0 Å². The molecule has 0 atom stereocenters. The van der Waals surface area contributed by atoms with Crippen LogP contribution in [0.1, 0.15) is 5.82 Å². The second-order valence-electron chi connectivity index (χ2n) is 5.49. The first kappa shape index (κ1) is 15.1. The lowest BCUT2D eigenvalue weighted by molar-refractivity contribution is -0.129. The first-order valence-corrected chi connectivity index (χ1v) is 7.47. The van der Waals surface area contributed by atoms with Crippen molar-refractivity contribution in [2.45, 2.75) is 13.2 Å².